The average molecular weight is 396 g/mol. The summed E-state index contributed by atoms with van der Waals surface area (Å²) in [6.07, 6.45) is 6.46. The second kappa shape index (κ2) is 7.01. The molecule has 1 unspecified atom stereocenters. The molecule has 2 bridgehead atoms. The number of amides is 1. The van der Waals surface area contributed by atoms with Gasteiger partial charge < -0.3 is 9.84 Å². The van der Waals surface area contributed by atoms with E-state index in [4.69, 9.17) is 4.74 Å². The lowest BCUT2D eigenvalue weighted by atomic mass is 9.67. The lowest BCUT2D eigenvalue weighted by molar-refractivity contribution is 0.00581. The maximum absolute atomic E-state index is 13.1. The summed E-state index contributed by atoms with van der Waals surface area (Å²) < 4.78 is 18.9. The van der Waals surface area contributed by atoms with Crippen molar-refractivity contribution in [2.24, 2.45) is 11.8 Å². The molecule has 6 heteroatoms. The molecule has 152 valence electrons. The molecule has 2 aromatic rings. The number of hydrogen-bond acceptors (Lipinski definition) is 3. The molecule has 5 nitrogen and oxygen atoms in total. The lowest BCUT2D eigenvalue weighted by Crippen LogP contribution is -2.54. The zero-order chi connectivity index (χ0) is 20.0. The Morgan fingerprint density at radius 3 is 2.41 bits per heavy atom. The molecule has 0 radical (unpaired) electrons. The predicted octanol–water partition coefficient (Wildman–Crippen LogP) is 5.56. The monoisotopic (exact) mass is 396 g/mol. The molecule has 6 rings (SSSR count). The van der Waals surface area contributed by atoms with Gasteiger partial charge in [-0.25, -0.2) is 14.2 Å². The van der Waals surface area contributed by atoms with E-state index in [2.05, 4.69) is 4.98 Å². The van der Waals surface area contributed by atoms with E-state index in [1.807, 2.05) is 12.1 Å². The third-order valence-electron chi connectivity index (χ3n) is 6.97. The van der Waals surface area contributed by atoms with Gasteiger partial charge in [0.1, 0.15) is 11.6 Å². The summed E-state index contributed by atoms with van der Waals surface area (Å²) in [5.74, 6) is 1.70. The number of rotatable bonds is 5. The van der Waals surface area contributed by atoms with E-state index >= 15 is 0 Å². The average Bonchev–Trinajstić information content (AvgIpc) is 3.52. The summed E-state index contributed by atoms with van der Waals surface area (Å²) in [7, 11) is 0. The molecular weight excluding hydrogens is 371 g/mol. The largest absolute Gasteiger partial charge is 0.465 e. The Balaban J connectivity index is 1.43. The number of ether oxygens (including phenoxy) is 1. The van der Waals surface area contributed by atoms with Crippen LogP contribution in [0, 0.1) is 17.7 Å². The van der Waals surface area contributed by atoms with Gasteiger partial charge in [0, 0.05) is 12.1 Å². The van der Waals surface area contributed by atoms with E-state index in [0.717, 1.165) is 37.8 Å². The number of aromatic nitrogens is 1. The van der Waals surface area contributed by atoms with Crippen molar-refractivity contribution in [3.8, 4) is 11.6 Å². The fourth-order valence-electron chi connectivity index (χ4n) is 5.39. The van der Waals surface area contributed by atoms with Crippen LogP contribution < -0.4 is 4.74 Å². The van der Waals surface area contributed by atoms with Crippen molar-refractivity contribution in [2.75, 3.05) is 0 Å². The molecule has 0 saturated heterocycles. The first kappa shape index (κ1) is 18.4. The number of halogens is 1. The van der Waals surface area contributed by atoms with Crippen LogP contribution in [-0.2, 0) is 5.54 Å². The Hall–Kier alpha value is -2.63. The predicted molar refractivity (Wildman–Crippen MR) is 105 cm³/mol. The van der Waals surface area contributed by atoms with Gasteiger partial charge in [0.05, 0.1) is 11.2 Å². The number of fused-ring (bicyclic) bond motifs is 3. The van der Waals surface area contributed by atoms with Gasteiger partial charge in [-0.2, -0.15) is 0 Å². The molecule has 0 aliphatic heterocycles. The molecule has 1 N–H and O–H groups in total. The SMILES string of the molecule is O=C(O)N(C1CC2CCC1CC2)C1(c2cccc(Oc3ccc(F)cc3)n2)CC1. The Morgan fingerprint density at radius 1 is 1.10 bits per heavy atom. The molecular formula is C23H25FN2O3. The number of benzene rings is 1. The van der Waals surface area contributed by atoms with Crippen LogP contribution in [0.1, 0.15) is 50.6 Å². The minimum absolute atomic E-state index is 0.0889. The molecule has 29 heavy (non-hydrogen) atoms. The van der Waals surface area contributed by atoms with Crippen LogP contribution in [0.3, 0.4) is 0 Å². The van der Waals surface area contributed by atoms with Crippen molar-refractivity contribution in [3.05, 3.63) is 54.0 Å². The van der Waals surface area contributed by atoms with Crippen molar-refractivity contribution in [1.29, 1.82) is 0 Å². The van der Waals surface area contributed by atoms with E-state index in [1.54, 1.807) is 23.1 Å². The van der Waals surface area contributed by atoms with Crippen LogP contribution in [0.15, 0.2) is 42.5 Å². The van der Waals surface area contributed by atoms with Crippen molar-refractivity contribution >= 4 is 6.09 Å². The van der Waals surface area contributed by atoms with E-state index < -0.39 is 11.6 Å². The highest BCUT2D eigenvalue weighted by Crippen LogP contribution is 2.55. The number of pyridine rings is 1. The van der Waals surface area contributed by atoms with Gasteiger partial charge in [-0.15, -0.1) is 0 Å². The Morgan fingerprint density at radius 2 is 1.83 bits per heavy atom. The number of hydrogen-bond donors (Lipinski definition) is 1. The second-order valence-corrected chi connectivity index (χ2v) is 8.69. The van der Waals surface area contributed by atoms with E-state index in [9.17, 15) is 14.3 Å². The van der Waals surface area contributed by atoms with Crippen LogP contribution in [0.4, 0.5) is 9.18 Å². The third kappa shape index (κ3) is 3.34. The van der Waals surface area contributed by atoms with Crippen molar-refractivity contribution in [2.45, 2.75) is 56.5 Å². The maximum atomic E-state index is 13.1. The summed E-state index contributed by atoms with van der Waals surface area (Å²) in [6, 6.07) is 11.4. The molecule has 4 aliphatic rings. The van der Waals surface area contributed by atoms with Gasteiger partial charge in [0.2, 0.25) is 5.88 Å². The highest BCUT2D eigenvalue weighted by Gasteiger charge is 2.57. The van der Waals surface area contributed by atoms with Gasteiger partial charge in [-0.1, -0.05) is 18.9 Å². The highest BCUT2D eigenvalue weighted by atomic mass is 19.1. The normalized spacial score (nSPS) is 26.7. The molecule has 1 atom stereocenters. The number of nitrogens with zero attached hydrogens (tertiary/aromatic N) is 2. The molecule has 4 fully saturated rings. The molecule has 1 heterocycles. The summed E-state index contributed by atoms with van der Waals surface area (Å²) in [5, 5.41) is 10.2. The van der Waals surface area contributed by atoms with Crippen molar-refractivity contribution < 1.29 is 19.0 Å². The van der Waals surface area contributed by atoms with Crippen LogP contribution in [0.5, 0.6) is 11.6 Å². The third-order valence-corrected chi connectivity index (χ3v) is 6.97. The minimum Gasteiger partial charge on any atom is -0.465 e. The minimum atomic E-state index is -0.841. The first-order valence-corrected chi connectivity index (χ1v) is 10.5. The quantitative estimate of drug-likeness (QED) is 0.719. The van der Waals surface area contributed by atoms with Gasteiger partial charge in [0.25, 0.3) is 0 Å². The number of carbonyl (C=O) groups is 1. The standard InChI is InChI=1S/C23H25FN2O3/c24-17-8-10-18(11-9-17)29-21-3-1-2-20(25-21)23(12-13-23)26(22(27)28)19-14-15-4-6-16(19)7-5-15/h1-3,8-11,15-16,19H,4-7,12-14H2,(H,27,28). The van der Waals surface area contributed by atoms with Gasteiger partial charge >= 0.3 is 6.09 Å². The highest BCUT2D eigenvalue weighted by molar-refractivity contribution is 5.68. The number of carboxylic acid groups (broad SMARTS) is 1. The van der Waals surface area contributed by atoms with Crippen LogP contribution in [0.25, 0.3) is 0 Å². The second-order valence-electron chi connectivity index (χ2n) is 8.69. The van der Waals surface area contributed by atoms with Crippen molar-refractivity contribution in [3.63, 3.8) is 0 Å². The molecule has 0 spiro atoms. The zero-order valence-electron chi connectivity index (χ0n) is 16.3. The van der Waals surface area contributed by atoms with Crippen LogP contribution in [0.2, 0.25) is 0 Å². The Labute approximate surface area is 169 Å². The molecule has 4 saturated carbocycles. The topological polar surface area (TPSA) is 62.7 Å². The molecule has 1 aromatic heterocycles. The summed E-state index contributed by atoms with van der Waals surface area (Å²) in [5.41, 5.74) is 0.205. The smallest absolute Gasteiger partial charge is 0.408 e. The summed E-state index contributed by atoms with van der Waals surface area (Å²) >= 11 is 0. The molecule has 4 aliphatic carbocycles. The van der Waals surface area contributed by atoms with Gasteiger partial charge in [-0.05, 0) is 74.3 Å². The van der Waals surface area contributed by atoms with Crippen molar-refractivity contribution in [1.82, 2.24) is 9.88 Å². The van der Waals surface area contributed by atoms with Gasteiger partial charge in [0.15, 0.2) is 0 Å². The first-order chi connectivity index (χ1) is 14.0. The lowest BCUT2D eigenvalue weighted by Gasteiger charge is -2.48. The summed E-state index contributed by atoms with van der Waals surface area (Å²) in [4.78, 5) is 18.8. The molecule has 1 aromatic carbocycles. The Kier molecular flexibility index (Phi) is 4.45. The molecule has 1 amide bonds. The van der Waals surface area contributed by atoms with Gasteiger partial charge in [-0.3, -0.25) is 4.90 Å². The fourth-order valence-corrected chi connectivity index (χ4v) is 5.39. The van der Waals surface area contributed by atoms with E-state index in [1.165, 1.54) is 25.0 Å². The van der Waals surface area contributed by atoms with E-state index in [-0.39, 0.29) is 11.9 Å². The van der Waals surface area contributed by atoms with Crippen LogP contribution >= 0.6 is 0 Å². The first-order valence-electron chi connectivity index (χ1n) is 10.5. The van der Waals surface area contributed by atoms with Crippen LogP contribution in [-0.4, -0.2) is 27.1 Å². The van der Waals surface area contributed by atoms with E-state index in [0.29, 0.717) is 23.5 Å². The Bertz CT molecular complexity index is 905. The fraction of sp³-hybridized carbons (Fsp3) is 0.478. The zero-order valence-corrected chi connectivity index (χ0v) is 16.3. The summed E-state index contributed by atoms with van der Waals surface area (Å²) in [6.45, 7) is 0. The maximum Gasteiger partial charge on any atom is 0.408 e.